The molecule has 1 aliphatic heterocycles. The maximum Gasteiger partial charge on any atom is 0.490 e. The first-order chi connectivity index (χ1) is 16.1. The molecule has 2 atom stereocenters. The lowest BCUT2D eigenvalue weighted by Gasteiger charge is -2.65. The summed E-state index contributed by atoms with van der Waals surface area (Å²) in [6, 6.07) is 0. The third-order valence-electron chi connectivity index (χ3n) is 7.47. The molecule has 1 spiro atoms. The van der Waals surface area contributed by atoms with Gasteiger partial charge in [0.05, 0.1) is 9.49 Å². The molecule has 4 aliphatic carbocycles. The summed E-state index contributed by atoms with van der Waals surface area (Å²) in [5.41, 5.74) is -1.90. The van der Waals surface area contributed by atoms with E-state index in [0.29, 0.717) is 37.7 Å². The Morgan fingerprint density at radius 1 is 0.886 bits per heavy atom. The van der Waals surface area contributed by atoms with E-state index in [1.54, 1.807) is 23.5 Å². The predicted molar refractivity (Wildman–Crippen MR) is 117 cm³/mol. The molecule has 0 radical (unpaired) electrons. The Balaban J connectivity index is 1.48. The number of hydrogen-bond acceptors (Lipinski definition) is 8. The van der Waals surface area contributed by atoms with Crippen molar-refractivity contribution in [2.24, 2.45) is 23.2 Å². The van der Waals surface area contributed by atoms with Gasteiger partial charge in [0.25, 0.3) is 0 Å². The quantitative estimate of drug-likeness (QED) is 0.272. The van der Waals surface area contributed by atoms with Crippen LogP contribution in [0.4, 0.5) is 22.0 Å². The summed E-state index contributed by atoms with van der Waals surface area (Å²) < 4.78 is 79.9. The van der Waals surface area contributed by atoms with Crippen LogP contribution >= 0.6 is 23.5 Å². The van der Waals surface area contributed by atoms with Crippen LogP contribution in [-0.4, -0.2) is 64.4 Å². The molecule has 0 aromatic heterocycles. The topological polar surface area (TPSA) is 78.9 Å². The molecule has 0 amide bonds. The smallest absolute Gasteiger partial charge is 0.465 e. The summed E-state index contributed by atoms with van der Waals surface area (Å²) in [5.74, 6) is -6.94. The molecule has 13 heteroatoms. The Morgan fingerprint density at radius 3 is 1.91 bits per heavy atom. The number of rotatable bonds is 6. The van der Waals surface area contributed by atoms with Crippen LogP contribution < -0.4 is 0 Å². The maximum absolute atomic E-state index is 13.5. The Morgan fingerprint density at radius 2 is 1.43 bits per heavy atom. The van der Waals surface area contributed by atoms with Gasteiger partial charge in [-0.05, 0) is 49.9 Å². The van der Waals surface area contributed by atoms with Crippen LogP contribution in [0.15, 0.2) is 0 Å². The molecule has 0 aromatic rings. The molecular formula is C22H27F5O6S2. The van der Waals surface area contributed by atoms with Gasteiger partial charge in [-0.25, -0.2) is 9.59 Å². The van der Waals surface area contributed by atoms with Crippen molar-refractivity contribution in [1.29, 1.82) is 0 Å². The SMILES string of the molecule is CC(=O)OCC1(COC(=O)C(F)(F)F)CSC2(SC1)C1CC3CC2CC(OC(=O)C(C)(F)F)(C3)C1. The molecule has 6 nitrogen and oxygen atoms in total. The number of thioether (sulfide) groups is 2. The summed E-state index contributed by atoms with van der Waals surface area (Å²) in [5, 5.41) is 0. The van der Waals surface area contributed by atoms with Gasteiger partial charge in [0.1, 0.15) is 18.8 Å². The zero-order valence-corrected chi connectivity index (χ0v) is 20.9. The van der Waals surface area contributed by atoms with Gasteiger partial charge < -0.3 is 14.2 Å². The molecule has 5 fully saturated rings. The van der Waals surface area contributed by atoms with Crippen molar-refractivity contribution in [3.63, 3.8) is 0 Å². The fourth-order valence-electron chi connectivity index (χ4n) is 6.12. The third-order valence-corrected chi connectivity index (χ3v) is 11.9. The van der Waals surface area contributed by atoms with Crippen LogP contribution in [0.3, 0.4) is 0 Å². The third kappa shape index (κ3) is 5.26. The average molecular weight is 547 g/mol. The first-order valence-electron chi connectivity index (χ1n) is 11.3. The number of halogens is 5. The second-order valence-corrected chi connectivity index (χ2v) is 13.2. The highest BCUT2D eigenvalue weighted by Crippen LogP contribution is 2.70. The molecule has 0 aromatic carbocycles. The zero-order chi connectivity index (χ0) is 25.9. The lowest BCUT2D eigenvalue weighted by molar-refractivity contribution is -0.208. The lowest BCUT2D eigenvalue weighted by atomic mass is 9.53. The van der Waals surface area contributed by atoms with E-state index >= 15 is 0 Å². The fraction of sp³-hybridized carbons (Fsp3) is 0.864. The maximum atomic E-state index is 13.5. The minimum absolute atomic E-state index is 0.0754. The number of carbonyl (C=O) groups excluding carboxylic acids is 3. The molecule has 1 saturated heterocycles. The van der Waals surface area contributed by atoms with Gasteiger partial charge in [-0.15, -0.1) is 23.5 Å². The van der Waals surface area contributed by atoms with E-state index in [-0.39, 0.29) is 28.4 Å². The summed E-state index contributed by atoms with van der Waals surface area (Å²) >= 11 is 3.11. The molecule has 0 N–H and O–H groups in total. The molecule has 2 unspecified atom stereocenters. The second kappa shape index (κ2) is 8.95. The van der Waals surface area contributed by atoms with Crippen LogP contribution in [-0.2, 0) is 28.6 Å². The zero-order valence-electron chi connectivity index (χ0n) is 19.3. The highest BCUT2D eigenvalue weighted by Gasteiger charge is 2.66. The lowest BCUT2D eigenvalue weighted by Crippen LogP contribution is -2.64. The van der Waals surface area contributed by atoms with Crippen molar-refractivity contribution >= 4 is 41.4 Å². The van der Waals surface area contributed by atoms with Gasteiger partial charge in [-0.3, -0.25) is 4.79 Å². The Hall–Kier alpha value is -1.24. The summed E-state index contributed by atoms with van der Waals surface area (Å²) in [7, 11) is 0. The van der Waals surface area contributed by atoms with E-state index in [1.165, 1.54) is 6.92 Å². The second-order valence-electron chi connectivity index (χ2n) is 10.5. The van der Waals surface area contributed by atoms with Crippen molar-refractivity contribution in [3.8, 4) is 0 Å². The van der Waals surface area contributed by atoms with Gasteiger partial charge in [-0.2, -0.15) is 22.0 Å². The normalized spacial score (nSPS) is 38.3. The molecule has 5 aliphatic rings. The van der Waals surface area contributed by atoms with E-state index in [9.17, 15) is 36.3 Å². The van der Waals surface area contributed by atoms with Crippen molar-refractivity contribution in [1.82, 2.24) is 0 Å². The minimum Gasteiger partial charge on any atom is -0.465 e. The monoisotopic (exact) mass is 546 g/mol. The number of carbonyl (C=O) groups is 3. The van der Waals surface area contributed by atoms with E-state index in [4.69, 9.17) is 9.47 Å². The highest BCUT2D eigenvalue weighted by molar-refractivity contribution is 8.18. The van der Waals surface area contributed by atoms with Crippen molar-refractivity contribution in [3.05, 3.63) is 0 Å². The fourth-order valence-corrected chi connectivity index (χ4v) is 10.2. The van der Waals surface area contributed by atoms with Crippen LogP contribution in [0.25, 0.3) is 0 Å². The molecule has 5 rings (SSSR count). The summed E-state index contributed by atoms with van der Waals surface area (Å²) in [4.78, 5) is 34.7. The Kier molecular flexibility index (Phi) is 6.86. The minimum atomic E-state index is -5.12. The van der Waals surface area contributed by atoms with Gasteiger partial charge in [-0.1, -0.05) is 0 Å². The van der Waals surface area contributed by atoms with Crippen molar-refractivity contribution < 1.29 is 50.5 Å². The summed E-state index contributed by atoms with van der Waals surface area (Å²) in [6.45, 7) is 0.991. The van der Waals surface area contributed by atoms with E-state index in [2.05, 4.69) is 4.74 Å². The van der Waals surface area contributed by atoms with Gasteiger partial charge in [0, 0.05) is 25.4 Å². The van der Waals surface area contributed by atoms with Crippen molar-refractivity contribution in [2.45, 2.75) is 67.7 Å². The number of esters is 3. The Bertz CT molecular complexity index is 863. The molecule has 35 heavy (non-hydrogen) atoms. The number of alkyl halides is 5. The van der Waals surface area contributed by atoms with Crippen LogP contribution in [0.5, 0.6) is 0 Å². The average Bonchev–Trinajstić information content (AvgIpc) is 2.73. The highest BCUT2D eigenvalue weighted by atomic mass is 32.2. The summed E-state index contributed by atoms with van der Waals surface area (Å²) in [6.07, 6.45) is -1.92. The standard InChI is InChI=1S/C22H27F5O6S2/c1-12(28)31-8-19(9-32-17(30)22(25,26)27)10-34-21(35-11-19)14-3-13-4-15(21)7-20(5-13,6-14)33-16(29)18(2,23)24/h13-15H,3-11H2,1-2H3. The molecular weight excluding hydrogens is 519 g/mol. The number of hydrogen-bond donors (Lipinski definition) is 0. The van der Waals surface area contributed by atoms with Gasteiger partial charge in [0.2, 0.25) is 0 Å². The number of ether oxygens (including phenoxy) is 3. The predicted octanol–water partition coefficient (Wildman–Crippen LogP) is 4.59. The molecule has 198 valence electrons. The largest absolute Gasteiger partial charge is 0.490 e. The van der Waals surface area contributed by atoms with E-state index < -0.39 is 47.6 Å². The molecule has 4 saturated carbocycles. The first kappa shape index (κ1) is 26.8. The van der Waals surface area contributed by atoms with Crippen LogP contribution in [0.2, 0.25) is 0 Å². The van der Waals surface area contributed by atoms with Gasteiger partial charge in [0.15, 0.2) is 0 Å². The Labute approximate surface area is 207 Å². The molecule has 1 heterocycles. The van der Waals surface area contributed by atoms with Crippen LogP contribution in [0, 0.1) is 23.2 Å². The first-order valence-corrected chi connectivity index (χ1v) is 13.3. The van der Waals surface area contributed by atoms with E-state index in [0.717, 1.165) is 12.8 Å². The van der Waals surface area contributed by atoms with Gasteiger partial charge >= 0.3 is 30.0 Å². The van der Waals surface area contributed by atoms with Crippen LogP contribution in [0.1, 0.15) is 46.0 Å². The van der Waals surface area contributed by atoms with E-state index in [1.807, 2.05) is 0 Å². The molecule has 4 bridgehead atoms. The van der Waals surface area contributed by atoms with Crippen molar-refractivity contribution in [2.75, 3.05) is 24.7 Å².